The maximum atomic E-state index is 6.50. The molecule has 4 aromatic rings. The van der Waals surface area contributed by atoms with Crippen molar-refractivity contribution in [2.45, 2.75) is 13.0 Å². The molecule has 0 saturated heterocycles. The van der Waals surface area contributed by atoms with E-state index in [0.29, 0.717) is 20.1 Å². The second-order valence-corrected chi connectivity index (χ2v) is 16.2. The van der Waals surface area contributed by atoms with Crippen molar-refractivity contribution >= 4 is 83.6 Å². The van der Waals surface area contributed by atoms with Crippen LogP contribution in [0.1, 0.15) is 6.92 Å². The Morgan fingerprint density at radius 2 is 0.978 bits per heavy atom. The van der Waals surface area contributed by atoms with Crippen LogP contribution in [0, 0.1) is 62.9 Å². The SMILES string of the molecule is C[C@H]([C]1[CH][CH][CH][C]1P(c1ccccc1)c1ccccc1)N(C)P(c1ccc(Cl)c(Cl)c1)c1ccc(Cl)c(Cl)c1.[CH]1[CH][CH][CH][CH]1.[Fe+2]. The third-order valence-electron chi connectivity index (χ3n) is 7.27. The first kappa shape index (κ1) is 37.2. The first-order valence-electron chi connectivity index (χ1n) is 14.1. The van der Waals surface area contributed by atoms with Gasteiger partial charge in [0.1, 0.15) is 0 Å². The minimum atomic E-state index is -0.999. The van der Waals surface area contributed by atoms with E-state index >= 15 is 0 Å². The van der Waals surface area contributed by atoms with E-state index in [1.165, 1.54) is 22.2 Å². The largest absolute Gasteiger partial charge is 2.00 e. The molecule has 6 rings (SSSR count). The molecular formula is C37H31Cl4FeNP2+2. The maximum absolute atomic E-state index is 6.50. The summed E-state index contributed by atoms with van der Waals surface area (Å²) in [5, 5.41) is 6.99. The molecule has 1 atom stereocenters. The van der Waals surface area contributed by atoms with Crippen LogP contribution in [-0.2, 0) is 17.1 Å². The van der Waals surface area contributed by atoms with Crippen molar-refractivity contribution in [1.29, 1.82) is 0 Å². The van der Waals surface area contributed by atoms with Gasteiger partial charge in [-0.15, -0.1) is 0 Å². The van der Waals surface area contributed by atoms with Crippen LogP contribution in [0.25, 0.3) is 0 Å². The molecule has 0 aliphatic heterocycles. The molecule has 0 aromatic heterocycles. The molecule has 0 amide bonds. The monoisotopic (exact) mass is 747 g/mol. The molecular weight excluding hydrogens is 718 g/mol. The summed E-state index contributed by atoms with van der Waals surface area (Å²) in [5.41, 5.74) is 1.36. The minimum absolute atomic E-state index is 0. The summed E-state index contributed by atoms with van der Waals surface area (Å²) in [7, 11) is 0.443. The number of halogens is 4. The van der Waals surface area contributed by atoms with Crippen LogP contribution in [0.4, 0.5) is 0 Å². The predicted molar refractivity (Wildman–Crippen MR) is 196 cm³/mol. The van der Waals surface area contributed by atoms with Gasteiger partial charge in [-0.2, -0.15) is 0 Å². The van der Waals surface area contributed by atoms with Gasteiger partial charge in [-0.05, 0) is 119 Å². The number of hydrogen-bond acceptors (Lipinski definition) is 1. The first-order chi connectivity index (χ1) is 21.3. The van der Waals surface area contributed by atoms with Gasteiger partial charge >= 0.3 is 17.1 Å². The van der Waals surface area contributed by atoms with Crippen LogP contribution >= 0.6 is 62.4 Å². The maximum Gasteiger partial charge on any atom is 2.00 e. The molecule has 228 valence electrons. The second-order valence-electron chi connectivity index (χ2n) is 10.1. The molecule has 10 radical (unpaired) electrons. The fraction of sp³-hybridized carbons (Fsp3) is 0.0811. The Kier molecular flexibility index (Phi) is 15.1. The van der Waals surface area contributed by atoms with Crippen molar-refractivity contribution in [2.24, 2.45) is 0 Å². The van der Waals surface area contributed by atoms with E-state index in [-0.39, 0.29) is 23.1 Å². The molecule has 45 heavy (non-hydrogen) atoms. The third-order valence-corrected chi connectivity index (χ3v) is 13.8. The zero-order valence-electron chi connectivity index (χ0n) is 24.6. The van der Waals surface area contributed by atoms with Gasteiger partial charge in [0.15, 0.2) is 0 Å². The number of benzene rings is 4. The molecule has 2 saturated carbocycles. The molecule has 2 aliphatic carbocycles. The van der Waals surface area contributed by atoms with Crippen molar-refractivity contribution in [3.05, 3.63) is 180 Å². The quantitative estimate of drug-likeness (QED) is 0.128. The zero-order valence-corrected chi connectivity index (χ0v) is 30.6. The summed E-state index contributed by atoms with van der Waals surface area (Å²) in [4.78, 5) is 0. The molecule has 4 aromatic carbocycles. The Bertz CT molecular complexity index is 1390. The van der Waals surface area contributed by atoms with Crippen molar-refractivity contribution in [3.8, 4) is 0 Å². The number of hydrogen-bond donors (Lipinski definition) is 0. The van der Waals surface area contributed by atoms with Gasteiger partial charge in [0.05, 0.1) is 20.1 Å². The van der Waals surface area contributed by atoms with Gasteiger partial charge < -0.3 is 0 Å². The van der Waals surface area contributed by atoms with E-state index in [1.807, 2.05) is 56.4 Å². The second kappa shape index (κ2) is 18.2. The fourth-order valence-corrected chi connectivity index (χ4v) is 10.7. The molecule has 2 fully saturated rings. The van der Waals surface area contributed by atoms with Gasteiger partial charge in [-0.25, -0.2) is 0 Å². The summed E-state index contributed by atoms with van der Waals surface area (Å²) < 4.78 is 2.43. The summed E-state index contributed by atoms with van der Waals surface area (Å²) in [6.45, 7) is 2.27. The molecule has 8 heteroatoms. The van der Waals surface area contributed by atoms with E-state index in [9.17, 15) is 0 Å². The molecule has 0 bridgehead atoms. The summed E-state index contributed by atoms with van der Waals surface area (Å²) in [5.74, 6) is 1.31. The van der Waals surface area contributed by atoms with Gasteiger partial charge in [0.2, 0.25) is 0 Å². The Morgan fingerprint density at radius 1 is 0.533 bits per heavy atom. The Labute approximate surface area is 303 Å². The number of rotatable bonds is 8. The van der Waals surface area contributed by atoms with Gasteiger partial charge in [-0.3, -0.25) is 4.67 Å². The van der Waals surface area contributed by atoms with Gasteiger partial charge in [0, 0.05) is 25.7 Å². The van der Waals surface area contributed by atoms with Crippen molar-refractivity contribution in [1.82, 2.24) is 4.67 Å². The van der Waals surface area contributed by atoms with Gasteiger partial charge in [0.25, 0.3) is 0 Å². The van der Waals surface area contributed by atoms with Crippen LogP contribution in [0.15, 0.2) is 97.1 Å². The van der Waals surface area contributed by atoms with Crippen LogP contribution in [-0.4, -0.2) is 17.8 Å². The van der Waals surface area contributed by atoms with E-state index in [4.69, 9.17) is 46.4 Å². The van der Waals surface area contributed by atoms with Crippen molar-refractivity contribution < 1.29 is 17.1 Å². The Balaban J connectivity index is 0.000000700. The normalized spacial score (nSPS) is 16.1. The third kappa shape index (κ3) is 9.51. The van der Waals surface area contributed by atoms with Gasteiger partial charge in [-0.1, -0.05) is 119 Å². The summed E-state index contributed by atoms with van der Waals surface area (Å²) >= 11 is 25.6. The van der Waals surface area contributed by atoms with Crippen LogP contribution < -0.4 is 21.2 Å². The van der Waals surface area contributed by atoms with E-state index < -0.39 is 16.0 Å². The summed E-state index contributed by atoms with van der Waals surface area (Å²) in [6.07, 6.45) is 16.7. The number of nitrogens with zero attached hydrogens (tertiary/aromatic N) is 1. The smallest absolute Gasteiger partial charge is 0.274 e. The van der Waals surface area contributed by atoms with E-state index in [0.717, 1.165) is 10.6 Å². The van der Waals surface area contributed by atoms with Crippen molar-refractivity contribution in [2.75, 3.05) is 7.05 Å². The van der Waals surface area contributed by atoms with E-state index in [1.54, 1.807) is 0 Å². The van der Waals surface area contributed by atoms with E-state index in [2.05, 4.69) is 111 Å². The zero-order chi connectivity index (χ0) is 31.1. The molecule has 2 aliphatic rings. The molecule has 1 nitrogen and oxygen atoms in total. The predicted octanol–water partition coefficient (Wildman–Crippen LogP) is 9.85. The van der Waals surface area contributed by atoms with Crippen molar-refractivity contribution in [3.63, 3.8) is 0 Å². The average molecular weight is 749 g/mol. The Morgan fingerprint density at radius 3 is 1.40 bits per heavy atom. The fourth-order valence-electron chi connectivity index (χ4n) is 5.00. The van der Waals surface area contributed by atoms with Crippen LogP contribution in [0.3, 0.4) is 0 Å². The summed E-state index contributed by atoms with van der Waals surface area (Å²) in [6, 6.07) is 33.5. The molecule has 0 heterocycles. The average Bonchev–Trinajstić information content (AvgIpc) is 3.78. The Hall–Kier alpha value is -0.621. The van der Waals surface area contributed by atoms with Crippen LogP contribution in [0.5, 0.6) is 0 Å². The molecule has 0 N–H and O–H groups in total. The topological polar surface area (TPSA) is 3.24 Å². The molecule has 0 spiro atoms. The first-order valence-corrected chi connectivity index (χ1v) is 18.3. The molecule has 0 unspecified atom stereocenters. The van der Waals surface area contributed by atoms with Crippen LogP contribution in [0.2, 0.25) is 20.1 Å². The standard InChI is InChI=1S/C32H26Cl4NP2.C5H5.Fe/c1-22(27-14-9-15-32(27)38(23-10-5-3-6-11-23)24-12-7-4-8-13-24)37(2)39(25-16-18-28(33)30(35)20-25)26-17-19-29(34)31(36)21-26;1-2-4-5-3-1;/h3-22H,1-2H3;1-5H;/q;;+2/t22-;;/m1../s1. The minimum Gasteiger partial charge on any atom is -0.274 e.